The Morgan fingerprint density at radius 1 is 0.790 bits per heavy atom. The molecule has 4 aromatic carbocycles. The summed E-state index contributed by atoms with van der Waals surface area (Å²) in [4.78, 5) is 82.8. The topological polar surface area (TPSA) is 251 Å². The maximum atomic E-state index is 14.6. The minimum atomic E-state index is -6.17. The second-order valence-corrected chi connectivity index (χ2v) is 37.7. The lowest BCUT2D eigenvalue weighted by Gasteiger charge is -2.72. The van der Waals surface area contributed by atoms with Crippen LogP contribution >= 0.6 is 23.1 Å². The number of aliphatic hydroxyl groups is 1. The zero-order valence-electron chi connectivity index (χ0n) is 61.7. The molecule has 5 atom stereocenters. The Labute approximate surface area is 625 Å². The average molecular weight is 1530 g/mol. The summed E-state index contributed by atoms with van der Waals surface area (Å²) in [5, 5.41) is 19.7. The summed E-state index contributed by atoms with van der Waals surface area (Å²) in [5.74, 6) is -1.96. The van der Waals surface area contributed by atoms with Crippen molar-refractivity contribution in [2.24, 2.45) is 21.7 Å². The van der Waals surface area contributed by atoms with Crippen LogP contribution in [0.5, 0.6) is 0 Å². The van der Waals surface area contributed by atoms with E-state index in [4.69, 9.17) is 0 Å². The first kappa shape index (κ1) is 79.2. The molecule has 5 amide bonds. The van der Waals surface area contributed by atoms with Crippen LogP contribution in [0.2, 0.25) is 0 Å². The van der Waals surface area contributed by atoms with Crippen molar-refractivity contribution in [1.29, 1.82) is 0 Å². The number of nitrogens with one attached hydrogen (secondary N) is 4. The maximum Gasteiger partial charge on any atom is 0.501 e. The fourth-order valence-corrected chi connectivity index (χ4v) is 20.2. The predicted octanol–water partition coefficient (Wildman–Crippen LogP) is 12.2. The molecular weight excluding hydrogens is 1420 g/mol. The van der Waals surface area contributed by atoms with Crippen LogP contribution in [-0.2, 0) is 39.0 Å². The van der Waals surface area contributed by atoms with E-state index in [1.165, 1.54) is 60.9 Å². The third kappa shape index (κ3) is 19.2. The highest BCUT2D eigenvalue weighted by Gasteiger charge is 2.67. The lowest BCUT2D eigenvalue weighted by molar-refractivity contribution is -0.167. The van der Waals surface area contributed by atoms with E-state index < -0.39 is 88.2 Å². The lowest BCUT2D eigenvalue weighted by atomic mass is 9.33. The molecule has 27 heteroatoms. The fourth-order valence-electron chi connectivity index (χ4n) is 16.3. The molecule has 0 spiro atoms. The summed E-state index contributed by atoms with van der Waals surface area (Å²) in [6.45, 7) is 23.0. The Kier molecular flexibility index (Phi) is 24.5. The number of β-amino-alcohol motifs (C(OH)–C–C–N with tert-alkyl or cyclic N) is 1. The summed E-state index contributed by atoms with van der Waals surface area (Å²) < 4.78 is 100. The molecule has 6 fully saturated rings. The van der Waals surface area contributed by atoms with Crippen molar-refractivity contribution < 1.29 is 59.1 Å². The van der Waals surface area contributed by atoms with Crippen molar-refractivity contribution in [1.82, 2.24) is 39.9 Å². The molecule has 12 rings (SSSR count). The number of rotatable bonds is 29. The Morgan fingerprint density at radius 3 is 2.08 bits per heavy atom. The number of nitrogens with zero attached hydrogens (tertiary/aromatic N) is 6. The first-order chi connectivity index (χ1) is 49.6. The third-order valence-corrected chi connectivity index (χ3v) is 27.2. The smallest absolute Gasteiger partial charge is 0.391 e. The van der Waals surface area contributed by atoms with Gasteiger partial charge in [0.2, 0.25) is 23.6 Å². The number of allylic oxidation sites excluding steroid dienone is 1. The van der Waals surface area contributed by atoms with Gasteiger partial charge in [0.15, 0.2) is 0 Å². The number of anilines is 2. The van der Waals surface area contributed by atoms with Crippen molar-refractivity contribution in [2.75, 3.05) is 88.0 Å². The minimum absolute atomic E-state index is 0.0160. The van der Waals surface area contributed by atoms with Gasteiger partial charge in [-0.25, -0.2) is 26.5 Å². The number of carbonyl (C=O) groups is 5. The molecule has 3 saturated carbocycles. The standard InChI is InChI=1S/C78H103F3N10O10S4/c1-52(54-20-22-55(23-21-54)69-53(2)82-51-103-69)83-72(96)65-42-60(92)46-91(65)73(97)70(74(3,4)5)85-67(93)18-14-9-10-15-19-68(94)90-40-34-87(35-41-90)33-31-58(47-102-61-16-12-11-13-17-61)84-64-29-28-62(43-66(64)104(98,99)78(79,80)81)105(100,101)86-71(95)56-24-26-59(27-25-56)89-38-36-88(37-39-89)45-57-30-32-75(6,7)44-63(57)77-48-76(8,49-77)50-77/h11-13,16-17,20-29,43,51-52,58,60,65,70,84,92H,9-10,14-15,18-19,30-42,44-50H2,1-8H3,(H,83,96)(H,85,93)(H,86,95)/t52-,58+,60+,65-,70+,76?,77?/m0/s1. The zero-order valence-corrected chi connectivity index (χ0v) is 64.9. The number of likely N-dealkylation sites (tertiary alicyclic amines) is 1. The van der Waals surface area contributed by atoms with Crippen LogP contribution in [0, 0.1) is 28.6 Å². The van der Waals surface area contributed by atoms with E-state index in [1.807, 2.05) is 93.9 Å². The molecule has 5 aromatic rings. The van der Waals surface area contributed by atoms with Crippen LogP contribution in [0.4, 0.5) is 24.5 Å². The summed E-state index contributed by atoms with van der Waals surface area (Å²) in [6, 6.07) is 23.0. The fraction of sp³-hybridized carbons (Fsp3) is 0.564. The third-order valence-electron chi connectivity index (χ3n) is 22.2. The second kappa shape index (κ2) is 32.5. The Bertz CT molecular complexity index is 4190. The van der Waals surface area contributed by atoms with Gasteiger partial charge in [0.1, 0.15) is 17.0 Å². The molecular formula is C78H103F3N10O10S4. The number of sulfonamides is 1. The number of aryl methyl sites for hydroxylation is 1. The van der Waals surface area contributed by atoms with Crippen molar-refractivity contribution in [3.8, 4) is 10.4 Å². The molecule has 7 aliphatic rings. The van der Waals surface area contributed by atoms with Gasteiger partial charge in [0.25, 0.3) is 25.8 Å². The number of piperazine rings is 2. The number of halogens is 3. The van der Waals surface area contributed by atoms with E-state index in [1.54, 1.807) is 45.0 Å². The number of aromatic nitrogens is 1. The van der Waals surface area contributed by atoms with Gasteiger partial charge >= 0.3 is 5.51 Å². The van der Waals surface area contributed by atoms with E-state index in [0.717, 1.165) is 83.6 Å². The molecule has 3 aliphatic heterocycles. The molecule has 5 N–H and O–H groups in total. The molecule has 4 heterocycles. The number of alkyl halides is 3. The van der Waals surface area contributed by atoms with Crippen LogP contribution in [0.15, 0.2) is 128 Å². The van der Waals surface area contributed by atoms with Gasteiger partial charge in [0.05, 0.1) is 38.8 Å². The van der Waals surface area contributed by atoms with Crippen LogP contribution in [0.3, 0.4) is 0 Å². The highest BCUT2D eigenvalue weighted by Crippen LogP contribution is 2.77. The summed E-state index contributed by atoms with van der Waals surface area (Å²) in [6.07, 6.45) is 9.82. The van der Waals surface area contributed by atoms with Gasteiger partial charge < -0.3 is 35.8 Å². The molecule has 0 radical (unpaired) electrons. The number of aliphatic hydroxyl groups excluding tert-OH is 1. The highest BCUT2D eigenvalue weighted by atomic mass is 32.2. The number of carbonyl (C=O) groups excluding carboxylic acids is 5. The number of amides is 5. The minimum Gasteiger partial charge on any atom is -0.391 e. The number of hydrogen-bond donors (Lipinski definition) is 5. The van der Waals surface area contributed by atoms with Crippen molar-refractivity contribution in [3.05, 3.63) is 131 Å². The number of unbranched alkanes of at least 4 members (excludes halogenated alkanes) is 3. The van der Waals surface area contributed by atoms with E-state index in [-0.39, 0.29) is 48.6 Å². The lowest BCUT2D eigenvalue weighted by Crippen LogP contribution is -2.61. The van der Waals surface area contributed by atoms with Gasteiger partial charge in [-0.15, -0.1) is 23.1 Å². The van der Waals surface area contributed by atoms with Gasteiger partial charge in [-0.2, -0.15) is 13.2 Å². The van der Waals surface area contributed by atoms with Crippen LogP contribution < -0.4 is 25.6 Å². The molecule has 4 aliphatic carbocycles. The second-order valence-electron chi connectivity index (χ2n) is 32.2. The number of hydrogen-bond acceptors (Lipinski definition) is 17. The summed E-state index contributed by atoms with van der Waals surface area (Å²) in [7, 11) is -11.1. The molecule has 20 nitrogen and oxygen atoms in total. The van der Waals surface area contributed by atoms with E-state index in [2.05, 4.69) is 56.4 Å². The SMILES string of the molecule is Cc1ncsc1-c1ccc([C@H](C)NC(=O)[C@@H]2C[C@@H](O)CN2C(=O)[C@@H](NC(=O)CCCCCCC(=O)N2CCN(CC[C@H](CSc3ccccc3)Nc3ccc(S(=O)(=O)NC(=O)c4ccc(N5CCN(CC6=C(C78CC(C)(C7)C8)CC(C)(C)CC6)CC5)cc4)cc3S(=O)(=O)C(F)(F)F)CC2)C(C)(C)C)cc1. The number of benzene rings is 4. The van der Waals surface area contributed by atoms with Gasteiger partial charge in [-0.05, 0) is 159 Å². The Balaban J connectivity index is 0.630. The zero-order chi connectivity index (χ0) is 75.4. The van der Waals surface area contributed by atoms with E-state index in [0.29, 0.717) is 93.6 Å². The summed E-state index contributed by atoms with van der Waals surface area (Å²) in [5.41, 5.74) is 3.11. The first-order valence-corrected chi connectivity index (χ1v) is 41.8. The van der Waals surface area contributed by atoms with E-state index in [9.17, 15) is 59.1 Å². The highest BCUT2D eigenvalue weighted by molar-refractivity contribution is 7.99. The largest absolute Gasteiger partial charge is 0.501 e. The van der Waals surface area contributed by atoms with Crippen molar-refractivity contribution in [3.63, 3.8) is 0 Å². The number of thiazole rings is 1. The van der Waals surface area contributed by atoms with Crippen LogP contribution in [0.25, 0.3) is 10.4 Å². The molecule has 1 aromatic heterocycles. The normalized spacial score (nSPS) is 22.5. The molecule has 570 valence electrons. The maximum absolute atomic E-state index is 14.6. The average Bonchev–Trinajstić information content (AvgIpc) is 0.912. The first-order valence-electron chi connectivity index (χ1n) is 36.9. The monoisotopic (exact) mass is 1520 g/mol. The molecule has 2 bridgehead atoms. The van der Waals surface area contributed by atoms with Crippen molar-refractivity contribution >= 4 is 83.9 Å². The van der Waals surface area contributed by atoms with Gasteiger partial charge in [-0.3, -0.25) is 33.8 Å². The van der Waals surface area contributed by atoms with Crippen LogP contribution in [0.1, 0.15) is 166 Å². The van der Waals surface area contributed by atoms with Gasteiger partial charge in [-0.1, -0.05) is 108 Å². The molecule has 3 saturated heterocycles. The molecule has 0 unspecified atom stereocenters. The molecule has 105 heavy (non-hydrogen) atoms. The Morgan fingerprint density at radius 2 is 1.45 bits per heavy atom. The number of sulfone groups is 1. The Hall–Kier alpha value is -6.88. The van der Waals surface area contributed by atoms with Gasteiger partial charge in [0, 0.05) is 119 Å². The van der Waals surface area contributed by atoms with Crippen molar-refractivity contribution in [2.45, 2.75) is 196 Å². The van der Waals surface area contributed by atoms with Crippen LogP contribution in [-0.4, -0.2) is 184 Å². The van der Waals surface area contributed by atoms with E-state index >= 15 is 0 Å². The quantitative estimate of drug-likeness (QED) is 0.0170. The summed E-state index contributed by atoms with van der Waals surface area (Å²) >= 11 is 2.96. The predicted molar refractivity (Wildman–Crippen MR) is 405 cm³/mol. The number of thioether (sulfide) groups is 1.